The molecule has 1 heterocycles. The molecule has 0 unspecified atom stereocenters. The van der Waals surface area contributed by atoms with E-state index in [9.17, 15) is 0 Å². The molecule has 0 spiro atoms. The summed E-state index contributed by atoms with van der Waals surface area (Å²) in [6.07, 6.45) is 0. The van der Waals surface area contributed by atoms with Gasteiger partial charge in [-0.05, 0) is 55.6 Å². The number of nitrogens with zero attached hydrogens (tertiary/aromatic N) is 3. The van der Waals surface area contributed by atoms with Gasteiger partial charge < -0.3 is 4.90 Å². The van der Waals surface area contributed by atoms with Gasteiger partial charge in [0.1, 0.15) is 17.2 Å². The van der Waals surface area contributed by atoms with E-state index in [1.165, 1.54) is 11.1 Å². The summed E-state index contributed by atoms with van der Waals surface area (Å²) in [4.78, 5) is 7.48. The van der Waals surface area contributed by atoms with Gasteiger partial charge in [-0.25, -0.2) is 0 Å². The van der Waals surface area contributed by atoms with E-state index in [0.717, 1.165) is 28.8 Å². The summed E-state index contributed by atoms with van der Waals surface area (Å²) in [6, 6.07) is 30.0. The standard InChI is InChI=1S/C25H26N3S/c1-19(2)27(18-21-10-6-4-7-11-21)25-26-24(22-16-14-20(3)15-17-22)28(29-25)23-12-8-5-9-13-23/h4-17,19H,18H2,1-3H3/q+1. The van der Waals surface area contributed by atoms with Crippen molar-refractivity contribution in [2.24, 2.45) is 0 Å². The van der Waals surface area contributed by atoms with Gasteiger partial charge in [0.2, 0.25) is 0 Å². The van der Waals surface area contributed by atoms with Gasteiger partial charge in [-0.2, -0.15) is 0 Å². The van der Waals surface area contributed by atoms with Crippen LogP contribution in [0.2, 0.25) is 0 Å². The molecule has 29 heavy (non-hydrogen) atoms. The maximum absolute atomic E-state index is 5.11. The highest BCUT2D eigenvalue weighted by molar-refractivity contribution is 7.06. The second-order valence-electron chi connectivity index (χ2n) is 7.51. The lowest BCUT2D eigenvalue weighted by Crippen LogP contribution is -2.30. The zero-order valence-corrected chi connectivity index (χ0v) is 17.9. The molecule has 3 nitrogen and oxygen atoms in total. The van der Waals surface area contributed by atoms with E-state index >= 15 is 0 Å². The Bertz CT molecular complexity index is 1050. The van der Waals surface area contributed by atoms with Crippen LogP contribution >= 0.6 is 11.5 Å². The van der Waals surface area contributed by atoms with E-state index in [2.05, 4.69) is 108 Å². The second kappa shape index (κ2) is 8.58. The van der Waals surface area contributed by atoms with Gasteiger partial charge in [-0.1, -0.05) is 66.2 Å². The first-order valence-electron chi connectivity index (χ1n) is 9.98. The number of hydrogen-bond acceptors (Lipinski definition) is 3. The minimum absolute atomic E-state index is 0.344. The van der Waals surface area contributed by atoms with Crippen molar-refractivity contribution in [2.75, 3.05) is 4.90 Å². The Morgan fingerprint density at radius 2 is 1.48 bits per heavy atom. The molecular formula is C25H26N3S+. The SMILES string of the molecule is Cc1ccc(-c2nc(N(Cc3ccccc3)C(C)C)s[n+]2-c2ccccc2)cc1. The molecule has 146 valence electrons. The molecule has 4 heteroatoms. The fraction of sp³-hybridized carbons (Fsp3) is 0.200. The molecule has 0 aliphatic heterocycles. The normalized spacial score (nSPS) is 11.0. The van der Waals surface area contributed by atoms with Gasteiger partial charge >= 0.3 is 11.0 Å². The summed E-state index contributed by atoms with van der Waals surface area (Å²) in [5.41, 5.74) is 4.81. The van der Waals surface area contributed by atoms with E-state index in [1.54, 1.807) is 11.5 Å². The zero-order valence-electron chi connectivity index (χ0n) is 17.1. The van der Waals surface area contributed by atoms with Crippen LogP contribution < -0.4 is 8.86 Å². The zero-order chi connectivity index (χ0) is 20.2. The lowest BCUT2D eigenvalue weighted by molar-refractivity contribution is -0.509. The van der Waals surface area contributed by atoms with Gasteiger partial charge in [0, 0.05) is 12.6 Å². The van der Waals surface area contributed by atoms with Crippen molar-refractivity contribution >= 4 is 16.7 Å². The van der Waals surface area contributed by atoms with Crippen LogP contribution in [0.4, 0.5) is 5.13 Å². The largest absolute Gasteiger partial charge is 0.350 e. The fourth-order valence-corrected chi connectivity index (χ4v) is 4.40. The van der Waals surface area contributed by atoms with Crippen LogP contribution in [-0.4, -0.2) is 11.0 Å². The van der Waals surface area contributed by atoms with Crippen LogP contribution in [-0.2, 0) is 6.54 Å². The molecule has 1 aromatic heterocycles. The van der Waals surface area contributed by atoms with E-state index in [1.807, 2.05) is 6.07 Å². The molecule has 0 saturated carbocycles. The third kappa shape index (κ3) is 4.38. The molecular weight excluding hydrogens is 374 g/mol. The predicted octanol–water partition coefficient (Wildman–Crippen LogP) is 5.81. The summed E-state index contributed by atoms with van der Waals surface area (Å²) >= 11 is 1.70. The first-order chi connectivity index (χ1) is 14.1. The smallest absolute Gasteiger partial charge is 0.318 e. The maximum Gasteiger partial charge on any atom is 0.350 e. The van der Waals surface area contributed by atoms with Gasteiger partial charge in [0.25, 0.3) is 0 Å². The molecule has 0 fully saturated rings. The van der Waals surface area contributed by atoms with Crippen LogP contribution in [0.1, 0.15) is 25.0 Å². The number of rotatable bonds is 6. The van der Waals surface area contributed by atoms with E-state index < -0.39 is 0 Å². The van der Waals surface area contributed by atoms with Crippen LogP contribution in [0, 0.1) is 6.92 Å². The number of aryl methyl sites for hydroxylation is 1. The Kier molecular flexibility index (Phi) is 5.72. The molecule has 0 atom stereocenters. The maximum atomic E-state index is 5.11. The molecule has 0 amide bonds. The summed E-state index contributed by atoms with van der Waals surface area (Å²) < 4.78 is 2.24. The van der Waals surface area contributed by atoms with Crippen molar-refractivity contribution in [3.63, 3.8) is 0 Å². The fourth-order valence-electron chi connectivity index (χ4n) is 3.27. The van der Waals surface area contributed by atoms with Crippen molar-refractivity contribution in [1.82, 2.24) is 4.98 Å². The topological polar surface area (TPSA) is 20.0 Å². The molecule has 0 aliphatic rings. The summed E-state index contributed by atoms with van der Waals surface area (Å²) in [7, 11) is 0. The van der Waals surface area contributed by atoms with Crippen molar-refractivity contribution in [3.05, 3.63) is 96.1 Å². The van der Waals surface area contributed by atoms with Crippen LogP contribution in [0.25, 0.3) is 17.1 Å². The van der Waals surface area contributed by atoms with Crippen molar-refractivity contribution < 1.29 is 3.96 Å². The molecule has 0 aliphatic carbocycles. The number of anilines is 1. The van der Waals surface area contributed by atoms with Crippen LogP contribution in [0.3, 0.4) is 0 Å². The van der Waals surface area contributed by atoms with E-state index in [-0.39, 0.29) is 0 Å². The summed E-state index contributed by atoms with van der Waals surface area (Å²) in [5, 5.41) is 1.03. The van der Waals surface area contributed by atoms with Gasteiger partial charge in [0.05, 0.1) is 5.56 Å². The Morgan fingerprint density at radius 1 is 0.862 bits per heavy atom. The third-order valence-corrected chi connectivity index (χ3v) is 5.99. The number of benzene rings is 3. The van der Waals surface area contributed by atoms with Crippen molar-refractivity contribution in [2.45, 2.75) is 33.4 Å². The molecule has 0 saturated heterocycles. The molecule has 0 radical (unpaired) electrons. The van der Waals surface area contributed by atoms with Crippen LogP contribution in [0.5, 0.6) is 0 Å². The molecule has 0 bridgehead atoms. The second-order valence-corrected chi connectivity index (χ2v) is 8.43. The van der Waals surface area contributed by atoms with Crippen molar-refractivity contribution in [1.29, 1.82) is 0 Å². The van der Waals surface area contributed by atoms with Gasteiger partial charge in [-0.3, -0.25) is 0 Å². The summed E-state index contributed by atoms with van der Waals surface area (Å²) in [6.45, 7) is 7.40. The van der Waals surface area contributed by atoms with Crippen molar-refractivity contribution in [3.8, 4) is 17.1 Å². The molecule has 0 N–H and O–H groups in total. The average molecular weight is 401 g/mol. The Balaban J connectivity index is 1.80. The molecule has 4 rings (SSSR count). The quantitative estimate of drug-likeness (QED) is 0.381. The van der Waals surface area contributed by atoms with Gasteiger partial charge in [-0.15, -0.1) is 3.96 Å². The van der Waals surface area contributed by atoms with Gasteiger partial charge in [0.15, 0.2) is 0 Å². The van der Waals surface area contributed by atoms with Crippen LogP contribution in [0.15, 0.2) is 84.9 Å². The minimum Gasteiger partial charge on any atom is -0.318 e. The number of hydrogen-bond donors (Lipinski definition) is 0. The Morgan fingerprint density at radius 3 is 2.10 bits per heavy atom. The lowest BCUT2D eigenvalue weighted by Gasteiger charge is -2.23. The molecule has 4 aromatic rings. The Hall–Kier alpha value is -2.98. The minimum atomic E-state index is 0.344. The van der Waals surface area contributed by atoms with E-state index in [4.69, 9.17) is 4.98 Å². The highest BCUT2D eigenvalue weighted by atomic mass is 32.1. The third-order valence-electron chi connectivity index (χ3n) is 4.93. The lowest BCUT2D eigenvalue weighted by atomic mass is 10.1. The first-order valence-corrected chi connectivity index (χ1v) is 10.8. The average Bonchev–Trinajstić information content (AvgIpc) is 3.19. The number of para-hydroxylation sites is 1. The van der Waals surface area contributed by atoms with E-state index in [0.29, 0.717) is 6.04 Å². The highest BCUT2D eigenvalue weighted by Gasteiger charge is 2.29. The summed E-state index contributed by atoms with van der Waals surface area (Å²) in [5.74, 6) is 0.981. The monoisotopic (exact) mass is 400 g/mol. The predicted molar refractivity (Wildman–Crippen MR) is 122 cm³/mol. The first kappa shape index (κ1) is 19.3. The number of aromatic nitrogens is 2. The Labute approximate surface area is 177 Å². The molecule has 3 aromatic carbocycles. The highest BCUT2D eigenvalue weighted by Crippen LogP contribution is 2.27.